The summed E-state index contributed by atoms with van der Waals surface area (Å²) in [7, 11) is 3.14. The number of rotatable bonds is 9. The summed E-state index contributed by atoms with van der Waals surface area (Å²) in [6.07, 6.45) is 5.11. The fourth-order valence-electron chi connectivity index (χ4n) is 2.36. The van der Waals surface area contributed by atoms with Crippen LogP contribution in [0.15, 0.2) is 42.5 Å². The molecule has 0 heterocycles. The molecule has 1 N–H and O–H groups in total. The van der Waals surface area contributed by atoms with Crippen LogP contribution in [0.1, 0.15) is 25.3 Å². The lowest BCUT2D eigenvalue weighted by atomic mass is 10.2. The number of ether oxygens (including phenoxy) is 3. The molecule has 0 aliphatic heterocycles. The average molecular weight is 390 g/mol. The minimum atomic E-state index is -0.285. The summed E-state index contributed by atoms with van der Waals surface area (Å²) in [5, 5.41) is 3.33. The van der Waals surface area contributed by atoms with Gasteiger partial charge in [0, 0.05) is 11.1 Å². The third kappa shape index (κ3) is 6.22. The Hall–Kier alpha value is -2.66. The van der Waals surface area contributed by atoms with Gasteiger partial charge in [0.1, 0.15) is 5.75 Å². The Kier molecular flexibility index (Phi) is 8.01. The zero-order valence-electron chi connectivity index (χ0n) is 15.8. The number of benzene rings is 2. The monoisotopic (exact) mass is 389 g/mol. The Morgan fingerprint density at radius 3 is 2.52 bits per heavy atom. The first-order chi connectivity index (χ1) is 13.1. The Balaban J connectivity index is 2.09. The van der Waals surface area contributed by atoms with E-state index in [-0.39, 0.29) is 5.91 Å². The lowest BCUT2D eigenvalue weighted by Crippen LogP contribution is -2.10. The molecule has 2 aromatic carbocycles. The quantitative estimate of drug-likeness (QED) is 0.473. The first-order valence-corrected chi connectivity index (χ1v) is 9.08. The van der Waals surface area contributed by atoms with E-state index in [2.05, 4.69) is 12.2 Å². The molecule has 27 heavy (non-hydrogen) atoms. The molecule has 0 saturated carbocycles. The third-order valence-electron chi connectivity index (χ3n) is 3.79. The third-order valence-corrected chi connectivity index (χ3v) is 4.02. The van der Waals surface area contributed by atoms with Crippen molar-refractivity contribution in [3.05, 3.63) is 53.1 Å². The van der Waals surface area contributed by atoms with Gasteiger partial charge in [0.25, 0.3) is 0 Å². The molecule has 5 nitrogen and oxygen atoms in total. The Labute approximate surface area is 164 Å². The van der Waals surface area contributed by atoms with E-state index in [1.165, 1.54) is 6.08 Å². The largest absolute Gasteiger partial charge is 0.493 e. The first kappa shape index (κ1) is 20.6. The van der Waals surface area contributed by atoms with Crippen LogP contribution < -0.4 is 19.5 Å². The van der Waals surface area contributed by atoms with Crippen LogP contribution in [0.4, 0.5) is 5.69 Å². The molecule has 0 aliphatic carbocycles. The molecule has 0 unspecified atom stereocenters. The van der Waals surface area contributed by atoms with E-state index in [0.29, 0.717) is 34.6 Å². The molecular formula is C21H24ClNO4. The van der Waals surface area contributed by atoms with Gasteiger partial charge in [-0.3, -0.25) is 4.79 Å². The number of hydrogen-bond donors (Lipinski definition) is 1. The molecule has 0 radical (unpaired) electrons. The number of nitrogens with one attached hydrogen (secondary N) is 1. The number of amides is 1. The second-order valence-corrected chi connectivity index (χ2v) is 6.22. The molecular weight excluding hydrogens is 366 g/mol. The maximum absolute atomic E-state index is 12.3. The zero-order chi connectivity index (χ0) is 19.6. The van der Waals surface area contributed by atoms with Crippen LogP contribution in [0, 0.1) is 0 Å². The Morgan fingerprint density at radius 2 is 1.81 bits per heavy atom. The van der Waals surface area contributed by atoms with E-state index in [9.17, 15) is 4.79 Å². The van der Waals surface area contributed by atoms with Gasteiger partial charge >= 0.3 is 0 Å². The van der Waals surface area contributed by atoms with Crippen LogP contribution in [-0.2, 0) is 4.79 Å². The molecule has 6 heteroatoms. The van der Waals surface area contributed by atoms with Crippen molar-refractivity contribution in [2.75, 3.05) is 26.1 Å². The molecule has 0 spiro atoms. The molecule has 2 aromatic rings. The molecule has 0 saturated heterocycles. The standard InChI is InChI=1S/C21H24ClNO4/c1-4-5-12-27-18-10-8-16(22)14-17(18)23-21(24)11-7-15-6-9-19(25-2)20(13-15)26-3/h6-11,13-14H,4-5,12H2,1-3H3,(H,23,24)/b11-7+. The molecule has 0 aliphatic rings. The second-order valence-electron chi connectivity index (χ2n) is 5.78. The zero-order valence-corrected chi connectivity index (χ0v) is 16.5. The summed E-state index contributed by atoms with van der Waals surface area (Å²) in [6.45, 7) is 2.68. The molecule has 2 rings (SSSR count). The number of methoxy groups -OCH3 is 2. The summed E-state index contributed by atoms with van der Waals surface area (Å²) >= 11 is 6.05. The fourth-order valence-corrected chi connectivity index (χ4v) is 2.53. The van der Waals surface area contributed by atoms with Gasteiger partial charge in [-0.15, -0.1) is 0 Å². The normalized spacial score (nSPS) is 10.7. The lowest BCUT2D eigenvalue weighted by molar-refractivity contribution is -0.111. The molecule has 1 amide bonds. The van der Waals surface area contributed by atoms with Crippen LogP contribution >= 0.6 is 11.6 Å². The predicted molar refractivity (Wildman–Crippen MR) is 109 cm³/mol. The maximum atomic E-state index is 12.3. The van der Waals surface area contributed by atoms with E-state index in [1.54, 1.807) is 50.6 Å². The number of carbonyl (C=O) groups excluding carboxylic acids is 1. The van der Waals surface area contributed by atoms with Crippen molar-refractivity contribution in [1.82, 2.24) is 0 Å². The van der Waals surface area contributed by atoms with Crippen molar-refractivity contribution in [3.8, 4) is 17.2 Å². The van der Waals surface area contributed by atoms with Crippen molar-refractivity contribution in [2.24, 2.45) is 0 Å². The fraction of sp³-hybridized carbons (Fsp3) is 0.286. The first-order valence-electron chi connectivity index (χ1n) is 8.70. The van der Waals surface area contributed by atoms with Gasteiger partial charge in [0.05, 0.1) is 26.5 Å². The van der Waals surface area contributed by atoms with Crippen molar-refractivity contribution in [3.63, 3.8) is 0 Å². The van der Waals surface area contributed by atoms with E-state index in [4.69, 9.17) is 25.8 Å². The van der Waals surface area contributed by atoms with Crippen molar-refractivity contribution in [1.29, 1.82) is 0 Å². The van der Waals surface area contributed by atoms with Crippen molar-refractivity contribution < 1.29 is 19.0 Å². The van der Waals surface area contributed by atoms with Crippen molar-refractivity contribution in [2.45, 2.75) is 19.8 Å². The van der Waals surface area contributed by atoms with Crippen LogP contribution in [0.2, 0.25) is 5.02 Å². The SMILES string of the molecule is CCCCOc1ccc(Cl)cc1NC(=O)/C=C/c1ccc(OC)c(OC)c1. The average Bonchev–Trinajstić information content (AvgIpc) is 2.68. The lowest BCUT2D eigenvalue weighted by Gasteiger charge is -2.12. The van der Waals surface area contributed by atoms with E-state index >= 15 is 0 Å². The molecule has 0 bridgehead atoms. The topological polar surface area (TPSA) is 56.8 Å². The van der Waals surface area contributed by atoms with E-state index in [1.807, 2.05) is 6.07 Å². The van der Waals surface area contributed by atoms with Crippen LogP contribution in [0.3, 0.4) is 0 Å². The van der Waals surface area contributed by atoms with Gasteiger partial charge in [0.2, 0.25) is 5.91 Å². The summed E-state index contributed by atoms with van der Waals surface area (Å²) in [4.78, 5) is 12.3. The Bertz CT molecular complexity index is 805. The van der Waals surface area contributed by atoms with Crippen molar-refractivity contribution >= 4 is 29.3 Å². The molecule has 0 fully saturated rings. The molecule has 0 atom stereocenters. The summed E-state index contributed by atoms with van der Waals surface area (Å²) in [5.74, 6) is 1.54. The van der Waals surface area contributed by atoms with Crippen LogP contribution in [0.5, 0.6) is 17.2 Å². The van der Waals surface area contributed by atoms with E-state index < -0.39 is 0 Å². The van der Waals surface area contributed by atoms with Gasteiger partial charge < -0.3 is 19.5 Å². The summed E-state index contributed by atoms with van der Waals surface area (Å²) in [6, 6.07) is 10.6. The summed E-state index contributed by atoms with van der Waals surface area (Å²) < 4.78 is 16.2. The highest BCUT2D eigenvalue weighted by Crippen LogP contribution is 2.29. The van der Waals surface area contributed by atoms with Gasteiger partial charge in [-0.2, -0.15) is 0 Å². The number of hydrogen-bond acceptors (Lipinski definition) is 4. The van der Waals surface area contributed by atoms with Crippen LogP contribution in [-0.4, -0.2) is 26.7 Å². The highest BCUT2D eigenvalue weighted by atomic mass is 35.5. The van der Waals surface area contributed by atoms with E-state index in [0.717, 1.165) is 18.4 Å². The highest BCUT2D eigenvalue weighted by molar-refractivity contribution is 6.31. The second kappa shape index (κ2) is 10.5. The number of unbranched alkanes of at least 4 members (excludes halogenated alkanes) is 1. The minimum Gasteiger partial charge on any atom is -0.493 e. The highest BCUT2D eigenvalue weighted by Gasteiger charge is 2.08. The smallest absolute Gasteiger partial charge is 0.248 e. The Morgan fingerprint density at radius 1 is 1.07 bits per heavy atom. The maximum Gasteiger partial charge on any atom is 0.248 e. The molecule has 144 valence electrons. The van der Waals surface area contributed by atoms with Gasteiger partial charge in [-0.1, -0.05) is 31.0 Å². The van der Waals surface area contributed by atoms with Gasteiger partial charge in [-0.05, 0) is 48.4 Å². The van der Waals surface area contributed by atoms with Gasteiger partial charge in [0.15, 0.2) is 11.5 Å². The van der Waals surface area contributed by atoms with Gasteiger partial charge in [-0.25, -0.2) is 0 Å². The number of carbonyl (C=O) groups is 1. The van der Waals surface area contributed by atoms with Crippen LogP contribution in [0.25, 0.3) is 6.08 Å². The molecule has 0 aromatic heterocycles. The number of halogens is 1. The number of anilines is 1. The predicted octanol–water partition coefficient (Wildman–Crippen LogP) is 5.19. The minimum absolute atomic E-state index is 0.285. The summed E-state index contributed by atoms with van der Waals surface area (Å²) in [5.41, 5.74) is 1.36.